The first-order chi connectivity index (χ1) is 13.7. The van der Waals surface area contributed by atoms with Crippen LogP contribution in [-0.2, 0) is 14.4 Å². The zero-order chi connectivity index (χ0) is 22.2. The topological polar surface area (TPSA) is 95.5 Å². The van der Waals surface area contributed by atoms with Crippen LogP contribution in [0.25, 0.3) is 0 Å². The molecule has 6 nitrogen and oxygen atoms in total. The zero-order valence-corrected chi connectivity index (χ0v) is 18.8. The van der Waals surface area contributed by atoms with Gasteiger partial charge in [0.2, 0.25) is 11.8 Å². The molecule has 168 valence electrons. The van der Waals surface area contributed by atoms with E-state index in [9.17, 15) is 19.5 Å². The fraction of sp³-hybridized carbons (Fsp3) is 0.783. The Bertz CT molecular complexity index is 503. The molecule has 0 aromatic heterocycles. The molecular formula is C23H42N2O4. The number of carbonyl (C=O) groups excluding carboxylic acids is 2. The van der Waals surface area contributed by atoms with Crippen LogP contribution in [-0.4, -0.2) is 35.0 Å². The minimum absolute atomic E-state index is 0.145. The van der Waals surface area contributed by atoms with Crippen LogP contribution in [0.3, 0.4) is 0 Å². The van der Waals surface area contributed by atoms with Crippen LogP contribution < -0.4 is 10.6 Å². The highest BCUT2D eigenvalue weighted by Gasteiger charge is 2.27. The third kappa shape index (κ3) is 14.8. The Labute approximate surface area is 176 Å². The van der Waals surface area contributed by atoms with Crippen molar-refractivity contribution in [3.05, 3.63) is 12.7 Å². The Morgan fingerprint density at radius 1 is 0.828 bits per heavy atom. The lowest BCUT2D eigenvalue weighted by molar-refractivity contribution is -0.142. The van der Waals surface area contributed by atoms with Gasteiger partial charge in [-0.3, -0.25) is 9.59 Å². The van der Waals surface area contributed by atoms with Gasteiger partial charge in [-0.25, -0.2) is 4.79 Å². The molecule has 0 heterocycles. The summed E-state index contributed by atoms with van der Waals surface area (Å²) in [6, 6.07) is -1.63. The summed E-state index contributed by atoms with van der Waals surface area (Å²) in [4.78, 5) is 36.3. The molecule has 3 N–H and O–H groups in total. The number of carboxylic acid groups (broad SMARTS) is 1. The third-order valence-electron chi connectivity index (χ3n) is 4.74. The lowest BCUT2D eigenvalue weighted by atomic mass is 10.0. The van der Waals surface area contributed by atoms with Crippen molar-refractivity contribution in [3.63, 3.8) is 0 Å². The minimum atomic E-state index is -1.05. The lowest BCUT2D eigenvalue weighted by Crippen LogP contribution is -2.52. The zero-order valence-electron chi connectivity index (χ0n) is 18.8. The van der Waals surface area contributed by atoms with E-state index in [4.69, 9.17) is 0 Å². The molecule has 0 bridgehead atoms. The summed E-state index contributed by atoms with van der Waals surface area (Å²) in [7, 11) is 0. The first kappa shape index (κ1) is 27.1. The van der Waals surface area contributed by atoms with Crippen LogP contribution in [0.15, 0.2) is 12.7 Å². The summed E-state index contributed by atoms with van der Waals surface area (Å²) >= 11 is 0. The normalized spacial score (nSPS) is 13.2. The van der Waals surface area contributed by atoms with E-state index < -0.39 is 24.0 Å². The number of carboxylic acids is 1. The Kier molecular flexibility index (Phi) is 15.0. The van der Waals surface area contributed by atoms with E-state index in [1.54, 1.807) is 0 Å². The molecule has 0 saturated heterocycles. The standard InChI is InChI=1S/C23H42N2O4/c1-6-7-8-9-10-11-12-13-14-21(26)24-19(15-17(2)3)22(27)25-20(23(28)29)16-18(4)5/h6,17-20H,1,7-16H2,2-5H3,(H,24,26)(H,25,27)(H,28,29)/t19-,20-/m0/s1. The molecule has 0 aromatic carbocycles. The van der Waals surface area contributed by atoms with E-state index in [1.807, 2.05) is 33.8 Å². The summed E-state index contributed by atoms with van der Waals surface area (Å²) in [5.74, 6) is -1.26. The fourth-order valence-electron chi connectivity index (χ4n) is 3.22. The number of aliphatic carboxylic acids is 1. The maximum absolute atomic E-state index is 12.6. The summed E-state index contributed by atoms with van der Waals surface area (Å²) in [6.07, 6.45) is 10.7. The number of nitrogens with one attached hydrogen (secondary N) is 2. The highest BCUT2D eigenvalue weighted by atomic mass is 16.4. The molecule has 0 fully saturated rings. The SMILES string of the molecule is C=CCCCCCCCCC(=O)N[C@@H](CC(C)C)C(=O)N[C@@H](CC(C)C)C(=O)O. The Hall–Kier alpha value is -1.85. The van der Waals surface area contributed by atoms with Crippen LogP contribution in [0.1, 0.15) is 91.9 Å². The van der Waals surface area contributed by atoms with Gasteiger partial charge in [0.05, 0.1) is 0 Å². The van der Waals surface area contributed by atoms with Gasteiger partial charge in [0, 0.05) is 6.42 Å². The average molecular weight is 411 g/mol. The third-order valence-corrected chi connectivity index (χ3v) is 4.74. The van der Waals surface area contributed by atoms with Crippen molar-refractivity contribution in [1.82, 2.24) is 10.6 Å². The minimum Gasteiger partial charge on any atom is -0.480 e. The molecule has 6 heteroatoms. The Morgan fingerprint density at radius 2 is 1.34 bits per heavy atom. The van der Waals surface area contributed by atoms with E-state index in [0.29, 0.717) is 19.3 Å². The van der Waals surface area contributed by atoms with Gasteiger partial charge in [0.25, 0.3) is 0 Å². The molecule has 2 atom stereocenters. The second-order valence-corrected chi connectivity index (χ2v) is 8.73. The first-order valence-electron chi connectivity index (χ1n) is 11.1. The highest BCUT2D eigenvalue weighted by Crippen LogP contribution is 2.11. The second kappa shape index (κ2) is 16.0. The predicted octanol–water partition coefficient (Wildman–Crippen LogP) is 4.44. The fourth-order valence-corrected chi connectivity index (χ4v) is 3.22. The van der Waals surface area contributed by atoms with Crippen molar-refractivity contribution in [1.29, 1.82) is 0 Å². The molecule has 0 spiro atoms. The number of unbranched alkanes of at least 4 members (excludes halogenated alkanes) is 6. The summed E-state index contributed by atoms with van der Waals surface area (Å²) in [5.41, 5.74) is 0. The molecule has 2 amide bonds. The summed E-state index contributed by atoms with van der Waals surface area (Å²) < 4.78 is 0. The van der Waals surface area contributed by atoms with Crippen molar-refractivity contribution < 1.29 is 19.5 Å². The van der Waals surface area contributed by atoms with Crippen LogP contribution in [0.2, 0.25) is 0 Å². The number of carbonyl (C=O) groups is 3. The van der Waals surface area contributed by atoms with E-state index in [2.05, 4.69) is 17.2 Å². The van der Waals surface area contributed by atoms with Crippen LogP contribution >= 0.6 is 0 Å². The van der Waals surface area contributed by atoms with Crippen LogP contribution in [0.5, 0.6) is 0 Å². The molecule has 0 aliphatic rings. The lowest BCUT2D eigenvalue weighted by Gasteiger charge is -2.23. The van der Waals surface area contributed by atoms with Gasteiger partial charge < -0.3 is 15.7 Å². The van der Waals surface area contributed by atoms with Gasteiger partial charge in [-0.1, -0.05) is 59.5 Å². The molecule has 0 unspecified atom stereocenters. The molecule has 0 aliphatic heterocycles. The Morgan fingerprint density at radius 3 is 1.86 bits per heavy atom. The Balaban J connectivity index is 4.47. The molecule has 0 aliphatic carbocycles. The molecule has 0 saturated carbocycles. The maximum atomic E-state index is 12.6. The maximum Gasteiger partial charge on any atom is 0.326 e. The number of rotatable bonds is 17. The van der Waals surface area contributed by atoms with E-state index >= 15 is 0 Å². The van der Waals surface area contributed by atoms with Gasteiger partial charge in [0.15, 0.2) is 0 Å². The van der Waals surface area contributed by atoms with Crippen molar-refractivity contribution in [3.8, 4) is 0 Å². The highest BCUT2D eigenvalue weighted by molar-refractivity contribution is 5.90. The molecule has 29 heavy (non-hydrogen) atoms. The van der Waals surface area contributed by atoms with Crippen molar-refractivity contribution >= 4 is 17.8 Å². The van der Waals surface area contributed by atoms with E-state index in [1.165, 1.54) is 19.3 Å². The first-order valence-corrected chi connectivity index (χ1v) is 11.1. The second-order valence-electron chi connectivity index (χ2n) is 8.73. The molecular weight excluding hydrogens is 368 g/mol. The molecule has 0 aromatic rings. The summed E-state index contributed by atoms with van der Waals surface area (Å²) in [6.45, 7) is 11.5. The number of hydrogen-bond donors (Lipinski definition) is 3. The van der Waals surface area contributed by atoms with E-state index in [0.717, 1.165) is 25.7 Å². The van der Waals surface area contributed by atoms with Gasteiger partial charge in [-0.05, 0) is 43.9 Å². The van der Waals surface area contributed by atoms with Crippen molar-refractivity contribution in [2.75, 3.05) is 0 Å². The molecule has 0 radical (unpaired) electrons. The van der Waals surface area contributed by atoms with Gasteiger partial charge in [-0.15, -0.1) is 6.58 Å². The van der Waals surface area contributed by atoms with Crippen LogP contribution in [0, 0.1) is 11.8 Å². The summed E-state index contributed by atoms with van der Waals surface area (Å²) in [5, 5.41) is 14.8. The number of hydrogen-bond acceptors (Lipinski definition) is 3. The number of allylic oxidation sites excluding steroid dienone is 1. The monoisotopic (exact) mass is 410 g/mol. The predicted molar refractivity (Wildman–Crippen MR) is 118 cm³/mol. The quantitative estimate of drug-likeness (QED) is 0.244. The smallest absolute Gasteiger partial charge is 0.326 e. The largest absolute Gasteiger partial charge is 0.480 e. The number of amides is 2. The molecule has 0 rings (SSSR count). The van der Waals surface area contributed by atoms with Gasteiger partial charge in [0.1, 0.15) is 12.1 Å². The van der Waals surface area contributed by atoms with Gasteiger partial charge in [-0.2, -0.15) is 0 Å². The van der Waals surface area contributed by atoms with Crippen LogP contribution in [0.4, 0.5) is 0 Å². The van der Waals surface area contributed by atoms with E-state index in [-0.39, 0.29) is 17.7 Å². The van der Waals surface area contributed by atoms with Crippen molar-refractivity contribution in [2.45, 2.75) is 104 Å². The van der Waals surface area contributed by atoms with Gasteiger partial charge >= 0.3 is 5.97 Å². The average Bonchev–Trinajstić information content (AvgIpc) is 2.61. The van der Waals surface area contributed by atoms with Crippen molar-refractivity contribution in [2.24, 2.45) is 11.8 Å².